The van der Waals surface area contributed by atoms with E-state index in [4.69, 9.17) is 4.74 Å². The number of carbonyl (C=O) groups excluding carboxylic acids is 1. The number of anilines is 1. The zero-order valence-corrected chi connectivity index (χ0v) is 16.1. The van der Waals surface area contributed by atoms with Crippen molar-refractivity contribution in [2.24, 2.45) is 0 Å². The standard InChI is InChI=1S/C20H24FN3O4/c1-20(2,15-5-4-6-16(21)12-15)13-23-19(25)14-7-8-17(22-9-10-28-3)18(11-14)24(26)27/h4-8,11-12,22H,9-10,13H2,1-3H3,(H,23,25). The first kappa shape index (κ1) is 21.3. The van der Waals surface area contributed by atoms with E-state index in [0.29, 0.717) is 18.8 Å². The molecule has 2 rings (SSSR count). The number of nitro groups is 1. The number of methoxy groups -OCH3 is 1. The lowest BCUT2D eigenvalue weighted by molar-refractivity contribution is -0.384. The molecule has 0 aliphatic carbocycles. The Kier molecular flexibility index (Phi) is 7.06. The number of ether oxygens (including phenoxy) is 1. The zero-order chi connectivity index (χ0) is 20.7. The van der Waals surface area contributed by atoms with E-state index in [-0.39, 0.29) is 23.6 Å². The molecular formula is C20H24FN3O4. The number of nitro benzene ring substituents is 1. The summed E-state index contributed by atoms with van der Waals surface area (Å²) >= 11 is 0. The molecule has 0 atom stereocenters. The second-order valence-electron chi connectivity index (χ2n) is 6.99. The minimum Gasteiger partial charge on any atom is -0.383 e. The fraction of sp³-hybridized carbons (Fsp3) is 0.350. The Balaban J connectivity index is 2.11. The van der Waals surface area contributed by atoms with Gasteiger partial charge in [-0.25, -0.2) is 4.39 Å². The lowest BCUT2D eigenvalue weighted by Crippen LogP contribution is -2.36. The van der Waals surface area contributed by atoms with Crippen molar-refractivity contribution in [3.05, 3.63) is 69.5 Å². The van der Waals surface area contributed by atoms with Gasteiger partial charge in [-0.15, -0.1) is 0 Å². The van der Waals surface area contributed by atoms with Gasteiger partial charge in [-0.1, -0.05) is 26.0 Å². The molecule has 0 spiro atoms. The van der Waals surface area contributed by atoms with Crippen molar-refractivity contribution >= 4 is 17.3 Å². The highest BCUT2D eigenvalue weighted by Gasteiger charge is 2.23. The maximum absolute atomic E-state index is 13.5. The summed E-state index contributed by atoms with van der Waals surface area (Å²) in [6.45, 7) is 4.82. The molecular weight excluding hydrogens is 365 g/mol. The number of hydrogen-bond donors (Lipinski definition) is 2. The molecule has 0 heterocycles. The topological polar surface area (TPSA) is 93.5 Å². The van der Waals surface area contributed by atoms with E-state index in [1.165, 1.54) is 37.4 Å². The number of nitrogens with one attached hydrogen (secondary N) is 2. The Morgan fingerprint density at radius 2 is 2.00 bits per heavy atom. The maximum Gasteiger partial charge on any atom is 0.293 e. The van der Waals surface area contributed by atoms with Crippen LogP contribution in [-0.4, -0.2) is 37.6 Å². The number of nitrogens with zero attached hydrogens (tertiary/aromatic N) is 1. The molecule has 8 heteroatoms. The van der Waals surface area contributed by atoms with Gasteiger partial charge < -0.3 is 15.4 Å². The molecule has 0 saturated carbocycles. The van der Waals surface area contributed by atoms with Crippen molar-refractivity contribution in [3.63, 3.8) is 0 Å². The van der Waals surface area contributed by atoms with Crippen LogP contribution in [0.3, 0.4) is 0 Å². The molecule has 2 N–H and O–H groups in total. The van der Waals surface area contributed by atoms with Gasteiger partial charge in [0.05, 0.1) is 11.5 Å². The number of carbonyl (C=O) groups is 1. The number of hydrogen-bond acceptors (Lipinski definition) is 5. The molecule has 0 aromatic heterocycles. The summed E-state index contributed by atoms with van der Waals surface area (Å²) in [5, 5.41) is 17.0. The van der Waals surface area contributed by atoms with Crippen LogP contribution >= 0.6 is 0 Å². The molecule has 0 aliphatic heterocycles. The van der Waals surface area contributed by atoms with Gasteiger partial charge in [0.25, 0.3) is 11.6 Å². The smallest absolute Gasteiger partial charge is 0.293 e. The Labute approximate surface area is 163 Å². The van der Waals surface area contributed by atoms with Crippen molar-refractivity contribution in [1.82, 2.24) is 5.32 Å². The first-order valence-corrected chi connectivity index (χ1v) is 8.80. The monoisotopic (exact) mass is 389 g/mol. The van der Waals surface area contributed by atoms with Gasteiger partial charge in [-0.05, 0) is 29.8 Å². The van der Waals surface area contributed by atoms with Crippen LogP contribution in [0.2, 0.25) is 0 Å². The normalized spacial score (nSPS) is 11.1. The van der Waals surface area contributed by atoms with Gasteiger partial charge in [0.1, 0.15) is 11.5 Å². The number of halogens is 1. The summed E-state index contributed by atoms with van der Waals surface area (Å²) in [7, 11) is 1.54. The third kappa shape index (κ3) is 5.50. The Morgan fingerprint density at radius 1 is 1.25 bits per heavy atom. The predicted molar refractivity (Wildman–Crippen MR) is 105 cm³/mol. The highest BCUT2D eigenvalue weighted by molar-refractivity contribution is 5.95. The highest BCUT2D eigenvalue weighted by atomic mass is 19.1. The van der Waals surface area contributed by atoms with E-state index in [1.54, 1.807) is 12.1 Å². The van der Waals surface area contributed by atoms with Gasteiger partial charge in [0, 0.05) is 37.2 Å². The Bertz CT molecular complexity index is 855. The molecule has 0 aliphatic rings. The van der Waals surface area contributed by atoms with E-state index in [0.717, 1.165) is 5.56 Å². The van der Waals surface area contributed by atoms with Crippen molar-refractivity contribution in [1.29, 1.82) is 0 Å². The summed E-state index contributed by atoms with van der Waals surface area (Å²) in [4.78, 5) is 23.3. The average molecular weight is 389 g/mol. The first-order chi connectivity index (χ1) is 13.2. The van der Waals surface area contributed by atoms with Gasteiger partial charge in [0.2, 0.25) is 0 Å². The SMILES string of the molecule is COCCNc1ccc(C(=O)NCC(C)(C)c2cccc(F)c2)cc1[N+](=O)[O-]. The van der Waals surface area contributed by atoms with Crippen LogP contribution < -0.4 is 10.6 Å². The molecule has 0 saturated heterocycles. The molecule has 0 bridgehead atoms. The molecule has 28 heavy (non-hydrogen) atoms. The third-order valence-electron chi connectivity index (χ3n) is 4.38. The Morgan fingerprint density at radius 3 is 2.64 bits per heavy atom. The van der Waals surface area contributed by atoms with Crippen molar-refractivity contribution in [2.75, 3.05) is 32.1 Å². The molecule has 150 valence electrons. The maximum atomic E-state index is 13.5. The van der Waals surface area contributed by atoms with Gasteiger partial charge in [0.15, 0.2) is 0 Å². The van der Waals surface area contributed by atoms with Crippen molar-refractivity contribution in [2.45, 2.75) is 19.3 Å². The minimum absolute atomic E-state index is 0.180. The second-order valence-corrected chi connectivity index (χ2v) is 6.99. The largest absolute Gasteiger partial charge is 0.383 e. The van der Waals surface area contributed by atoms with Gasteiger partial charge in [-0.3, -0.25) is 14.9 Å². The summed E-state index contributed by atoms with van der Waals surface area (Å²) < 4.78 is 18.4. The van der Waals surface area contributed by atoms with E-state index in [1.807, 2.05) is 13.8 Å². The third-order valence-corrected chi connectivity index (χ3v) is 4.38. The van der Waals surface area contributed by atoms with Gasteiger partial charge in [-0.2, -0.15) is 0 Å². The van der Waals surface area contributed by atoms with E-state index in [2.05, 4.69) is 10.6 Å². The van der Waals surface area contributed by atoms with Crippen LogP contribution in [0.15, 0.2) is 42.5 Å². The quantitative estimate of drug-likeness (QED) is 0.389. The summed E-state index contributed by atoms with van der Waals surface area (Å²) in [5.41, 5.74) is 0.549. The highest BCUT2D eigenvalue weighted by Crippen LogP contribution is 2.26. The molecule has 0 unspecified atom stereocenters. The van der Waals surface area contributed by atoms with Crippen LogP contribution in [0.4, 0.5) is 15.8 Å². The Hall–Kier alpha value is -3.00. The first-order valence-electron chi connectivity index (χ1n) is 8.80. The lowest BCUT2D eigenvalue weighted by Gasteiger charge is -2.25. The van der Waals surface area contributed by atoms with Crippen LogP contribution in [0.1, 0.15) is 29.8 Å². The summed E-state index contributed by atoms with van der Waals surface area (Å²) in [6.07, 6.45) is 0. The fourth-order valence-electron chi connectivity index (χ4n) is 2.68. The average Bonchev–Trinajstić information content (AvgIpc) is 2.66. The summed E-state index contributed by atoms with van der Waals surface area (Å²) in [6, 6.07) is 10.5. The molecule has 7 nitrogen and oxygen atoms in total. The molecule has 1 amide bonds. The number of rotatable bonds is 9. The molecule has 0 fully saturated rings. The molecule has 2 aromatic carbocycles. The van der Waals surface area contributed by atoms with E-state index >= 15 is 0 Å². The number of amides is 1. The molecule has 0 radical (unpaired) electrons. The van der Waals surface area contributed by atoms with Crippen LogP contribution in [0.25, 0.3) is 0 Å². The number of benzene rings is 2. The fourth-order valence-corrected chi connectivity index (χ4v) is 2.68. The minimum atomic E-state index is -0.539. The molecule has 2 aromatic rings. The van der Waals surface area contributed by atoms with Crippen molar-refractivity contribution in [3.8, 4) is 0 Å². The second kappa shape index (κ2) is 9.27. The van der Waals surface area contributed by atoms with Crippen molar-refractivity contribution < 1.29 is 18.8 Å². The van der Waals surface area contributed by atoms with Crippen LogP contribution in [0, 0.1) is 15.9 Å². The zero-order valence-electron chi connectivity index (χ0n) is 16.1. The van der Waals surface area contributed by atoms with E-state index < -0.39 is 16.2 Å². The van der Waals surface area contributed by atoms with Gasteiger partial charge >= 0.3 is 0 Å². The van der Waals surface area contributed by atoms with Crippen LogP contribution in [0.5, 0.6) is 0 Å². The van der Waals surface area contributed by atoms with E-state index in [9.17, 15) is 19.3 Å². The summed E-state index contributed by atoms with van der Waals surface area (Å²) in [5.74, 6) is -0.778. The van der Waals surface area contributed by atoms with Crippen LogP contribution in [-0.2, 0) is 10.2 Å². The lowest BCUT2D eigenvalue weighted by atomic mass is 9.84. The predicted octanol–water partition coefficient (Wildman–Crippen LogP) is 3.50.